The lowest BCUT2D eigenvalue weighted by molar-refractivity contribution is 0.101. The number of phenols is 1. The zero-order valence-electron chi connectivity index (χ0n) is 10.6. The lowest BCUT2D eigenvalue weighted by Gasteiger charge is -2.08. The van der Waals surface area contributed by atoms with Crippen molar-refractivity contribution < 1.29 is 14.6 Å². The number of aromatic hydroxyl groups is 1. The van der Waals surface area contributed by atoms with Crippen LogP contribution in [0.4, 0.5) is 5.69 Å². The van der Waals surface area contributed by atoms with Gasteiger partial charge in [-0.3, -0.25) is 4.79 Å². The Bertz CT molecular complexity index is 591. The Labute approximate surface area is 111 Å². The van der Waals surface area contributed by atoms with E-state index in [2.05, 4.69) is 0 Å². The number of ketones is 1. The van der Waals surface area contributed by atoms with Gasteiger partial charge >= 0.3 is 0 Å². The number of anilines is 1. The molecular weight excluding hydrogens is 242 g/mol. The van der Waals surface area contributed by atoms with E-state index >= 15 is 0 Å². The highest BCUT2D eigenvalue weighted by Crippen LogP contribution is 2.24. The zero-order chi connectivity index (χ0) is 13.8. The van der Waals surface area contributed by atoms with Gasteiger partial charge in [-0.1, -0.05) is 12.1 Å². The average molecular weight is 257 g/mol. The van der Waals surface area contributed by atoms with E-state index in [0.29, 0.717) is 23.6 Å². The first kappa shape index (κ1) is 13.0. The topological polar surface area (TPSA) is 72.5 Å². The predicted octanol–water partition coefficient (Wildman–Crippen LogP) is 2.76. The van der Waals surface area contributed by atoms with Crippen molar-refractivity contribution in [3.05, 3.63) is 53.6 Å². The molecule has 3 N–H and O–H groups in total. The summed E-state index contributed by atoms with van der Waals surface area (Å²) in [6.07, 6.45) is 0. The SMILES string of the molecule is CC(=O)c1ccc(OCc2ccc(N)cc2)cc1O. The third kappa shape index (κ3) is 3.25. The first-order chi connectivity index (χ1) is 9.06. The summed E-state index contributed by atoms with van der Waals surface area (Å²) in [7, 11) is 0. The summed E-state index contributed by atoms with van der Waals surface area (Å²) >= 11 is 0. The van der Waals surface area contributed by atoms with Gasteiger partial charge in [0.05, 0.1) is 5.56 Å². The number of benzene rings is 2. The molecule has 0 bridgehead atoms. The molecule has 0 spiro atoms. The summed E-state index contributed by atoms with van der Waals surface area (Å²) in [5, 5.41) is 9.68. The molecule has 0 aliphatic carbocycles. The van der Waals surface area contributed by atoms with Crippen molar-refractivity contribution in [3.8, 4) is 11.5 Å². The summed E-state index contributed by atoms with van der Waals surface area (Å²) in [5.74, 6) is 0.268. The van der Waals surface area contributed by atoms with Crippen molar-refractivity contribution >= 4 is 11.5 Å². The molecule has 4 nitrogen and oxygen atoms in total. The summed E-state index contributed by atoms with van der Waals surface area (Å²) in [4.78, 5) is 11.2. The Morgan fingerprint density at radius 3 is 2.47 bits per heavy atom. The number of hydrogen-bond donors (Lipinski definition) is 2. The maximum atomic E-state index is 11.2. The second kappa shape index (κ2) is 5.44. The van der Waals surface area contributed by atoms with E-state index in [9.17, 15) is 9.90 Å². The van der Waals surface area contributed by atoms with Crippen LogP contribution in [0.2, 0.25) is 0 Å². The number of carbonyl (C=O) groups excluding carboxylic acids is 1. The molecule has 0 radical (unpaired) electrons. The summed E-state index contributed by atoms with van der Waals surface area (Å²) in [6, 6.07) is 12.0. The number of carbonyl (C=O) groups is 1. The van der Waals surface area contributed by atoms with E-state index in [1.54, 1.807) is 24.3 Å². The Kier molecular flexibility index (Phi) is 3.71. The Morgan fingerprint density at radius 1 is 1.21 bits per heavy atom. The highest BCUT2D eigenvalue weighted by molar-refractivity contribution is 5.96. The van der Waals surface area contributed by atoms with Crippen LogP contribution in [0.15, 0.2) is 42.5 Å². The van der Waals surface area contributed by atoms with Crippen LogP contribution in [0.25, 0.3) is 0 Å². The standard InChI is InChI=1S/C15H15NO3/c1-10(17)14-7-6-13(8-15(14)18)19-9-11-2-4-12(16)5-3-11/h2-8,18H,9,16H2,1H3. The molecule has 0 saturated carbocycles. The van der Waals surface area contributed by atoms with Crippen LogP contribution < -0.4 is 10.5 Å². The molecule has 4 heteroatoms. The largest absolute Gasteiger partial charge is 0.507 e. The fourth-order valence-corrected chi connectivity index (χ4v) is 1.68. The molecule has 2 rings (SSSR count). The van der Waals surface area contributed by atoms with Crippen LogP contribution in [-0.4, -0.2) is 10.9 Å². The average Bonchev–Trinajstić information content (AvgIpc) is 2.37. The minimum absolute atomic E-state index is 0.0673. The molecule has 2 aromatic rings. The molecule has 0 aliphatic rings. The van der Waals surface area contributed by atoms with Gasteiger partial charge in [-0.25, -0.2) is 0 Å². The fraction of sp³-hybridized carbons (Fsp3) is 0.133. The van der Waals surface area contributed by atoms with Gasteiger partial charge in [-0.2, -0.15) is 0 Å². The minimum Gasteiger partial charge on any atom is -0.507 e. The lowest BCUT2D eigenvalue weighted by atomic mass is 10.1. The van der Waals surface area contributed by atoms with E-state index < -0.39 is 0 Å². The molecule has 0 heterocycles. The minimum atomic E-state index is -0.178. The lowest BCUT2D eigenvalue weighted by Crippen LogP contribution is -1.97. The van der Waals surface area contributed by atoms with Gasteiger partial charge in [0.15, 0.2) is 5.78 Å². The maximum absolute atomic E-state index is 11.2. The third-order valence-corrected chi connectivity index (χ3v) is 2.73. The summed E-state index contributed by atoms with van der Waals surface area (Å²) in [6.45, 7) is 1.78. The number of Topliss-reactive ketones (excluding diaryl/α,β-unsaturated/α-hetero) is 1. The molecular formula is C15H15NO3. The van der Waals surface area contributed by atoms with Crippen molar-refractivity contribution in [1.82, 2.24) is 0 Å². The van der Waals surface area contributed by atoms with E-state index in [4.69, 9.17) is 10.5 Å². The van der Waals surface area contributed by atoms with E-state index in [-0.39, 0.29) is 11.5 Å². The second-order valence-corrected chi connectivity index (χ2v) is 4.27. The Morgan fingerprint density at radius 2 is 1.89 bits per heavy atom. The van der Waals surface area contributed by atoms with Gasteiger partial charge in [0.1, 0.15) is 18.1 Å². The molecule has 0 saturated heterocycles. The normalized spacial score (nSPS) is 10.2. The fourth-order valence-electron chi connectivity index (χ4n) is 1.68. The van der Waals surface area contributed by atoms with Crippen molar-refractivity contribution in [2.45, 2.75) is 13.5 Å². The molecule has 0 fully saturated rings. The van der Waals surface area contributed by atoms with Crippen LogP contribution >= 0.6 is 0 Å². The molecule has 2 aromatic carbocycles. The van der Waals surface area contributed by atoms with Crippen LogP contribution in [0.3, 0.4) is 0 Å². The van der Waals surface area contributed by atoms with Crippen LogP contribution in [0, 0.1) is 0 Å². The molecule has 0 aromatic heterocycles. The highest BCUT2D eigenvalue weighted by Gasteiger charge is 2.07. The van der Waals surface area contributed by atoms with Gasteiger partial charge in [0.25, 0.3) is 0 Å². The Balaban J connectivity index is 2.06. The van der Waals surface area contributed by atoms with Gasteiger partial charge in [0, 0.05) is 11.8 Å². The Hall–Kier alpha value is -2.49. The number of ether oxygens (including phenoxy) is 1. The zero-order valence-corrected chi connectivity index (χ0v) is 10.6. The van der Waals surface area contributed by atoms with E-state index in [1.165, 1.54) is 13.0 Å². The molecule has 0 atom stereocenters. The summed E-state index contributed by atoms with van der Waals surface area (Å²) < 4.78 is 5.54. The smallest absolute Gasteiger partial charge is 0.163 e. The molecule has 0 amide bonds. The van der Waals surface area contributed by atoms with Gasteiger partial charge in [-0.15, -0.1) is 0 Å². The third-order valence-electron chi connectivity index (χ3n) is 2.73. The quantitative estimate of drug-likeness (QED) is 0.652. The number of phenolic OH excluding ortho intramolecular Hbond substituents is 1. The van der Waals surface area contributed by atoms with Gasteiger partial charge < -0.3 is 15.6 Å². The number of hydrogen-bond acceptors (Lipinski definition) is 4. The van der Waals surface area contributed by atoms with Crippen molar-refractivity contribution in [2.24, 2.45) is 0 Å². The van der Waals surface area contributed by atoms with Crippen molar-refractivity contribution in [1.29, 1.82) is 0 Å². The van der Waals surface area contributed by atoms with Crippen LogP contribution in [0.5, 0.6) is 11.5 Å². The number of nitrogens with two attached hydrogens (primary N) is 1. The first-order valence-corrected chi connectivity index (χ1v) is 5.87. The van der Waals surface area contributed by atoms with Crippen molar-refractivity contribution in [2.75, 3.05) is 5.73 Å². The maximum Gasteiger partial charge on any atom is 0.163 e. The van der Waals surface area contributed by atoms with E-state index in [0.717, 1.165) is 5.56 Å². The monoisotopic (exact) mass is 257 g/mol. The molecule has 98 valence electrons. The number of nitrogen functional groups attached to an aromatic ring is 1. The first-order valence-electron chi connectivity index (χ1n) is 5.87. The predicted molar refractivity (Wildman–Crippen MR) is 73.3 cm³/mol. The van der Waals surface area contributed by atoms with Crippen molar-refractivity contribution in [3.63, 3.8) is 0 Å². The number of rotatable bonds is 4. The molecule has 19 heavy (non-hydrogen) atoms. The second-order valence-electron chi connectivity index (χ2n) is 4.27. The molecule has 0 unspecified atom stereocenters. The van der Waals surface area contributed by atoms with E-state index in [1.807, 2.05) is 12.1 Å². The van der Waals surface area contributed by atoms with Gasteiger partial charge in [-0.05, 0) is 36.8 Å². The molecule has 0 aliphatic heterocycles. The van der Waals surface area contributed by atoms with Crippen LogP contribution in [-0.2, 0) is 6.61 Å². The summed E-state index contributed by atoms with van der Waals surface area (Å²) in [5.41, 5.74) is 7.56. The van der Waals surface area contributed by atoms with Crippen LogP contribution in [0.1, 0.15) is 22.8 Å². The highest BCUT2D eigenvalue weighted by atomic mass is 16.5. The van der Waals surface area contributed by atoms with Gasteiger partial charge in [0.2, 0.25) is 0 Å².